The lowest BCUT2D eigenvalue weighted by Crippen LogP contribution is -2.00. The van der Waals surface area contributed by atoms with Crippen LogP contribution in [0.1, 0.15) is 23.2 Å². The molecule has 0 aliphatic carbocycles. The maximum Gasteiger partial charge on any atom is 0.154 e. The Morgan fingerprint density at radius 1 is 1.17 bits per heavy atom. The second-order valence-corrected chi connectivity index (χ2v) is 4.10. The van der Waals surface area contributed by atoms with Crippen LogP contribution < -0.4 is 4.74 Å². The van der Waals surface area contributed by atoms with Gasteiger partial charge in [0.2, 0.25) is 0 Å². The molecule has 0 aliphatic heterocycles. The highest BCUT2D eigenvalue weighted by atomic mass is 16.5. The molecule has 0 heterocycles. The van der Waals surface area contributed by atoms with Gasteiger partial charge < -0.3 is 4.74 Å². The zero-order valence-corrected chi connectivity index (χ0v) is 10.3. The molecule has 2 heteroatoms. The lowest BCUT2D eigenvalue weighted by molar-refractivity contribution is 0.112. The van der Waals surface area contributed by atoms with Crippen molar-refractivity contribution in [2.75, 3.05) is 6.61 Å². The first-order valence-corrected chi connectivity index (χ1v) is 6.07. The van der Waals surface area contributed by atoms with Crippen molar-refractivity contribution < 1.29 is 9.53 Å². The number of benzene rings is 2. The van der Waals surface area contributed by atoms with Gasteiger partial charge in [-0.1, -0.05) is 36.4 Å². The average Bonchev–Trinajstić information content (AvgIpc) is 2.43. The standard InChI is InChI=1S/C16H16O2/c1-2-3-6-11-18-16-10-9-13-7-4-5-8-14(13)15(16)12-17/h2,4-5,7-10,12H,1,3,6,11H2. The molecule has 0 atom stereocenters. The molecule has 0 N–H and O–H groups in total. The van der Waals surface area contributed by atoms with Crippen LogP contribution in [0.2, 0.25) is 0 Å². The minimum Gasteiger partial charge on any atom is -0.493 e. The van der Waals surface area contributed by atoms with Crippen LogP contribution in [0.25, 0.3) is 10.8 Å². The van der Waals surface area contributed by atoms with Crippen LogP contribution in [0.15, 0.2) is 49.1 Å². The first-order valence-electron chi connectivity index (χ1n) is 6.07. The first kappa shape index (κ1) is 12.4. The Bertz CT molecular complexity index is 558. The zero-order chi connectivity index (χ0) is 12.8. The highest BCUT2D eigenvalue weighted by Crippen LogP contribution is 2.26. The van der Waals surface area contributed by atoms with E-state index in [4.69, 9.17) is 4.74 Å². The van der Waals surface area contributed by atoms with Crippen LogP contribution >= 0.6 is 0 Å². The van der Waals surface area contributed by atoms with E-state index < -0.39 is 0 Å². The summed E-state index contributed by atoms with van der Waals surface area (Å²) in [6.07, 6.45) is 4.56. The predicted octanol–water partition coefficient (Wildman–Crippen LogP) is 4.00. The van der Waals surface area contributed by atoms with Crippen molar-refractivity contribution >= 4 is 17.1 Å². The van der Waals surface area contributed by atoms with Crippen LogP contribution in [0, 0.1) is 0 Å². The van der Waals surface area contributed by atoms with Crippen molar-refractivity contribution in [1.82, 2.24) is 0 Å². The van der Waals surface area contributed by atoms with E-state index in [-0.39, 0.29) is 0 Å². The normalized spacial score (nSPS) is 10.2. The highest BCUT2D eigenvalue weighted by Gasteiger charge is 2.07. The van der Waals surface area contributed by atoms with Crippen molar-refractivity contribution in [3.05, 3.63) is 54.6 Å². The molecule has 0 amide bonds. The van der Waals surface area contributed by atoms with Gasteiger partial charge in [-0.15, -0.1) is 6.58 Å². The van der Waals surface area contributed by atoms with Gasteiger partial charge in [-0.05, 0) is 29.7 Å². The van der Waals surface area contributed by atoms with E-state index in [1.807, 2.05) is 42.5 Å². The Balaban J connectivity index is 2.27. The number of carbonyl (C=O) groups excluding carboxylic acids is 1. The Hall–Kier alpha value is -2.09. The van der Waals surface area contributed by atoms with Crippen molar-refractivity contribution in [2.45, 2.75) is 12.8 Å². The number of hydrogen-bond acceptors (Lipinski definition) is 2. The molecule has 2 rings (SSSR count). The van der Waals surface area contributed by atoms with Gasteiger partial charge in [-0.3, -0.25) is 4.79 Å². The van der Waals surface area contributed by atoms with Crippen molar-refractivity contribution in [3.63, 3.8) is 0 Å². The fourth-order valence-corrected chi connectivity index (χ4v) is 1.93. The number of unbranched alkanes of at least 4 members (excludes halogenated alkanes) is 1. The van der Waals surface area contributed by atoms with Gasteiger partial charge in [-0.25, -0.2) is 0 Å². The molecule has 0 spiro atoms. The molecule has 92 valence electrons. The minimum absolute atomic E-state index is 0.602. The van der Waals surface area contributed by atoms with Crippen molar-refractivity contribution in [1.29, 1.82) is 0 Å². The number of aldehydes is 1. The largest absolute Gasteiger partial charge is 0.493 e. The quantitative estimate of drug-likeness (QED) is 0.433. The van der Waals surface area contributed by atoms with Gasteiger partial charge in [0.05, 0.1) is 12.2 Å². The molecule has 0 radical (unpaired) electrons. The maximum atomic E-state index is 11.2. The van der Waals surface area contributed by atoms with E-state index in [0.717, 1.165) is 29.9 Å². The monoisotopic (exact) mass is 240 g/mol. The van der Waals surface area contributed by atoms with Gasteiger partial charge >= 0.3 is 0 Å². The summed E-state index contributed by atoms with van der Waals surface area (Å²) in [5.74, 6) is 0.660. The van der Waals surface area contributed by atoms with Crippen LogP contribution in [0.4, 0.5) is 0 Å². The van der Waals surface area contributed by atoms with E-state index in [1.165, 1.54) is 0 Å². The predicted molar refractivity (Wildman–Crippen MR) is 74.3 cm³/mol. The number of hydrogen-bond donors (Lipinski definition) is 0. The topological polar surface area (TPSA) is 26.3 Å². The molecule has 0 aliphatic rings. The third kappa shape index (κ3) is 2.59. The molecule has 18 heavy (non-hydrogen) atoms. The fraction of sp³-hybridized carbons (Fsp3) is 0.188. The summed E-state index contributed by atoms with van der Waals surface area (Å²) in [6, 6.07) is 11.7. The molecule has 0 bridgehead atoms. The van der Waals surface area contributed by atoms with Crippen molar-refractivity contribution in [2.24, 2.45) is 0 Å². The Morgan fingerprint density at radius 2 is 2.00 bits per heavy atom. The molecule has 2 nitrogen and oxygen atoms in total. The number of rotatable bonds is 6. The summed E-state index contributed by atoms with van der Waals surface area (Å²) in [5.41, 5.74) is 0.631. The second-order valence-electron chi connectivity index (χ2n) is 4.10. The SMILES string of the molecule is C=CCCCOc1ccc2ccccc2c1C=O. The summed E-state index contributed by atoms with van der Waals surface area (Å²) in [6.45, 7) is 4.27. The average molecular weight is 240 g/mol. The summed E-state index contributed by atoms with van der Waals surface area (Å²) < 4.78 is 5.66. The Labute approximate surface area is 107 Å². The van der Waals surface area contributed by atoms with Gasteiger partial charge in [0.15, 0.2) is 6.29 Å². The summed E-state index contributed by atoms with van der Waals surface area (Å²) in [5, 5.41) is 1.99. The molecule has 2 aromatic carbocycles. The van der Waals surface area contributed by atoms with Crippen LogP contribution in [0.3, 0.4) is 0 Å². The summed E-state index contributed by atoms with van der Waals surface area (Å²) >= 11 is 0. The first-order chi connectivity index (χ1) is 8.86. The molecule has 0 saturated carbocycles. The maximum absolute atomic E-state index is 11.2. The molecule has 0 unspecified atom stereocenters. The van der Waals surface area contributed by atoms with Gasteiger partial charge in [0.25, 0.3) is 0 Å². The minimum atomic E-state index is 0.602. The van der Waals surface area contributed by atoms with Gasteiger partial charge in [0.1, 0.15) is 5.75 Å². The van der Waals surface area contributed by atoms with E-state index in [2.05, 4.69) is 6.58 Å². The van der Waals surface area contributed by atoms with Gasteiger partial charge in [-0.2, -0.15) is 0 Å². The Kier molecular flexibility index (Phi) is 4.13. The number of ether oxygens (including phenoxy) is 1. The lowest BCUT2D eigenvalue weighted by atomic mass is 10.0. The van der Waals surface area contributed by atoms with E-state index in [9.17, 15) is 4.79 Å². The zero-order valence-electron chi connectivity index (χ0n) is 10.3. The third-order valence-electron chi connectivity index (χ3n) is 2.86. The molecule has 0 aromatic heterocycles. The molecular weight excluding hydrogens is 224 g/mol. The number of carbonyl (C=O) groups is 1. The summed E-state index contributed by atoms with van der Waals surface area (Å²) in [4.78, 5) is 11.2. The number of fused-ring (bicyclic) bond motifs is 1. The van der Waals surface area contributed by atoms with E-state index in [1.54, 1.807) is 0 Å². The molecule has 2 aromatic rings. The molecule has 0 saturated heterocycles. The van der Waals surface area contributed by atoms with E-state index >= 15 is 0 Å². The van der Waals surface area contributed by atoms with Crippen LogP contribution in [0.5, 0.6) is 5.75 Å². The lowest BCUT2D eigenvalue weighted by Gasteiger charge is -2.10. The van der Waals surface area contributed by atoms with Crippen LogP contribution in [-0.4, -0.2) is 12.9 Å². The highest BCUT2D eigenvalue weighted by molar-refractivity contribution is 6.00. The van der Waals surface area contributed by atoms with Gasteiger partial charge in [0, 0.05) is 0 Å². The van der Waals surface area contributed by atoms with E-state index in [0.29, 0.717) is 17.9 Å². The molecular formula is C16H16O2. The molecule has 0 fully saturated rings. The van der Waals surface area contributed by atoms with Crippen LogP contribution in [-0.2, 0) is 0 Å². The van der Waals surface area contributed by atoms with Crippen molar-refractivity contribution in [3.8, 4) is 5.75 Å². The smallest absolute Gasteiger partial charge is 0.154 e. The third-order valence-corrected chi connectivity index (χ3v) is 2.86. The summed E-state index contributed by atoms with van der Waals surface area (Å²) in [7, 11) is 0. The number of allylic oxidation sites excluding steroid dienone is 1. The Morgan fingerprint density at radius 3 is 2.78 bits per heavy atom. The fourth-order valence-electron chi connectivity index (χ4n) is 1.93. The second kappa shape index (κ2) is 6.01.